The Bertz CT molecular complexity index is 733. The Kier molecular flexibility index (Phi) is 7.64. The zero-order valence-electron chi connectivity index (χ0n) is 15.3. The zero-order valence-corrected chi connectivity index (χ0v) is 16.1. The molecule has 1 aliphatic rings. The molecule has 0 bridgehead atoms. The molecule has 0 saturated heterocycles. The second kappa shape index (κ2) is 9.72. The molecule has 0 spiro atoms. The van der Waals surface area contributed by atoms with Gasteiger partial charge in [0, 0.05) is 13.1 Å². The highest BCUT2D eigenvalue weighted by Crippen LogP contribution is 2.16. The minimum atomic E-state index is -0.164. The van der Waals surface area contributed by atoms with Crippen molar-refractivity contribution in [2.75, 3.05) is 0 Å². The Morgan fingerprint density at radius 3 is 2.65 bits per heavy atom. The molecule has 1 unspecified atom stereocenters. The lowest BCUT2D eigenvalue weighted by atomic mass is 9.95. The summed E-state index contributed by atoms with van der Waals surface area (Å²) in [6, 6.07) is 16.3. The molecule has 5 heteroatoms. The highest BCUT2D eigenvalue weighted by molar-refractivity contribution is 5.85. The highest BCUT2D eigenvalue weighted by Gasteiger charge is 2.23. The van der Waals surface area contributed by atoms with Gasteiger partial charge < -0.3 is 15.4 Å². The SMILES string of the molecule is CC(C)OCc1cccc(CNC(=O)C2Cc3ccccc3CN2)c1.Cl. The standard InChI is InChI=1S/C21H26N2O2.ClH/c1-15(2)25-14-17-7-5-6-16(10-17)12-23-21(24)20-11-18-8-3-4-9-19(18)13-22-20;/h3-10,15,20,22H,11-14H2,1-2H3,(H,23,24);1H. The largest absolute Gasteiger partial charge is 0.374 e. The van der Waals surface area contributed by atoms with Crippen molar-refractivity contribution >= 4 is 18.3 Å². The average molecular weight is 375 g/mol. The van der Waals surface area contributed by atoms with Gasteiger partial charge in [0.2, 0.25) is 5.91 Å². The Morgan fingerprint density at radius 2 is 1.88 bits per heavy atom. The molecule has 2 aromatic rings. The third kappa shape index (κ3) is 5.56. The number of ether oxygens (including phenoxy) is 1. The van der Waals surface area contributed by atoms with Gasteiger partial charge in [-0.25, -0.2) is 0 Å². The van der Waals surface area contributed by atoms with Gasteiger partial charge in [0.05, 0.1) is 18.8 Å². The monoisotopic (exact) mass is 374 g/mol. The van der Waals surface area contributed by atoms with E-state index in [0.29, 0.717) is 13.2 Å². The van der Waals surface area contributed by atoms with Gasteiger partial charge in [-0.1, -0.05) is 48.5 Å². The maximum Gasteiger partial charge on any atom is 0.237 e. The van der Waals surface area contributed by atoms with E-state index in [9.17, 15) is 4.79 Å². The van der Waals surface area contributed by atoms with Crippen LogP contribution in [-0.4, -0.2) is 18.1 Å². The summed E-state index contributed by atoms with van der Waals surface area (Å²) in [6.45, 7) is 5.93. The second-order valence-corrected chi connectivity index (χ2v) is 6.80. The quantitative estimate of drug-likeness (QED) is 0.815. The van der Waals surface area contributed by atoms with E-state index in [0.717, 1.165) is 24.1 Å². The second-order valence-electron chi connectivity index (χ2n) is 6.80. The van der Waals surface area contributed by atoms with Crippen LogP contribution in [0.2, 0.25) is 0 Å². The van der Waals surface area contributed by atoms with Crippen molar-refractivity contribution in [1.82, 2.24) is 10.6 Å². The van der Waals surface area contributed by atoms with E-state index in [1.165, 1.54) is 11.1 Å². The fraction of sp³-hybridized carbons (Fsp3) is 0.381. The molecule has 26 heavy (non-hydrogen) atoms. The first kappa shape index (κ1) is 20.4. The van der Waals surface area contributed by atoms with Gasteiger partial charge in [-0.15, -0.1) is 12.4 Å². The molecule has 1 aliphatic heterocycles. The van der Waals surface area contributed by atoms with Crippen LogP contribution in [0.3, 0.4) is 0 Å². The highest BCUT2D eigenvalue weighted by atomic mass is 35.5. The zero-order chi connectivity index (χ0) is 17.6. The molecule has 1 atom stereocenters. The lowest BCUT2D eigenvalue weighted by Crippen LogP contribution is -2.47. The van der Waals surface area contributed by atoms with E-state index in [2.05, 4.69) is 28.8 Å². The number of hydrogen-bond donors (Lipinski definition) is 2. The molecule has 0 saturated carbocycles. The molecular weight excluding hydrogens is 348 g/mol. The van der Waals surface area contributed by atoms with Gasteiger partial charge in [0.15, 0.2) is 0 Å². The van der Waals surface area contributed by atoms with Crippen LogP contribution < -0.4 is 10.6 Å². The van der Waals surface area contributed by atoms with E-state index in [4.69, 9.17) is 4.74 Å². The first-order valence-corrected chi connectivity index (χ1v) is 8.89. The summed E-state index contributed by atoms with van der Waals surface area (Å²) >= 11 is 0. The van der Waals surface area contributed by atoms with E-state index in [1.807, 2.05) is 44.2 Å². The lowest BCUT2D eigenvalue weighted by Gasteiger charge is -2.25. The average Bonchev–Trinajstić information content (AvgIpc) is 2.64. The molecule has 0 aliphatic carbocycles. The Balaban J connectivity index is 0.00000243. The fourth-order valence-corrected chi connectivity index (χ4v) is 3.04. The first-order chi connectivity index (χ1) is 12.1. The number of fused-ring (bicyclic) bond motifs is 1. The van der Waals surface area contributed by atoms with Gasteiger partial charge in [0.1, 0.15) is 0 Å². The summed E-state index contributed by atoms with van der Waals surface area (Å²) in [5.74, 6) is 0.0540. The summed E-state index contributed by atoms with van der Waals surface area (Å²) in [5.41, 5.74) is 4.76. The number of carbonyl (C=O) groups excluding carboxylic acids is 1. The summed E-state index contributed by atoms with van der Waals surface area (Å²) < 4.78 is 5.64. The van der Waals surface area contributed by atoms with Crippen molar-refractivity contribution in [3.05, 3.63) is 70.8 Å². The number of hydrogen-bond acceptors (Lipinski definition) is 3. The predicted octanol–water partition coefficient (Wildman–Crippen LogP) is 3.36. The van der Waals surface area contributed by atoms with Crippen molar-refractivity contribution in [3.8, 4) is 0 Å². The maximum absolute atomic E-state index is 12.5. The number of amides is 1. The third-order valence-electron chi connectivity index (χ3n) is 4.44. The molecule has 140 valence electrons. The van der Waals surface area contributed by atoms with Gasteiger partial charge >= 0.3 is 0 Å². The van der Waals surface area contributed by atoms with Crippen LogP contribution >= 0.6 is 12.4 Å². The van der Waals surface area contributed by atoms with Gasteiger partial charge in [-0.05, 0) is 42.5 Å². The van der Waals surface area contributed by atoms with Crippen LogP contribution in [0.1, 0.15) is 36.1 Å². The minimum Gasteiger partial charge on any atom is -0.374 e. The molecule has 1 amide bonds. The molecule has 0 fully saturated rings. The molecular formula is C21H27ClN2O2. The summed E-state index contributed by atoms with van der Waals surface area (Å²) in [5, 5.41) is 6.37. The summed E-state index contributed by atoms with van der Waals surface area (Å²) in [6.07, 6.45) is 0.952. The molecule has 2 N–H and O–H groups in total. The molecule has 4 nitrogen and oxygen atoms in total. The third-order valence-corrected chi connectivity index (χ3v) is 4.44. The molecule has 2 aromatic carbocycles. The molecule has 0 aromatic heterocycles. The van der Waals surface area contributed by atoms with Gasteiger partial charge in [-0.3, -0.25) is 4.79 Å². The van der Waals surface area contributed by atoms with Crippen LogP contribution in [0.15, 0.2) is 48.5 Å². The Morgan fingerprint density at radius 1 is 1.15 bits per heavy atom. The van der Waals surface area contributed by atoms with Crippen LogP contribution in [0.4, 0.5) is 0 Å². The molecule has 3 rings (SSSR count). The number of halogens is 1. The number of carbonyl (C=O) groups is 1. The minimum absolute atomic E-state index is 0. The number of benzene rings is 2. The van der Waals surface area contributed by atoms with Crippen molar-refractivity contribution in [3.63, 3.8) is 0 Å². The van der Waals surface area contributed by atoms with E-state index in [1.54, 1.807) is 0 Å². The smallest absolute Gasteiger partial charge is 0.237 e. The van der Waals surface area contributed by atoms with Gasteiger partial charge in [-0.2, -0.15) is 0 Å². The Hall–Kier alpha value is -1.88. The normalized spacial score (nSPS) is 15.9. The number of rotatable bonds is 6. The van der Waals surface area contributed by atoms with Crippen molar-refractivity contribution in [1.29, 1.82) is 0 Å². The summed E-state index contributed by atoms with van der Waals surface area (Å²) in [4.78, 5) is 12.5. The van der Waals surface area contributed by atoms with E-state index < -0.39 is 0 Å². The maximum atomic E-state index is 12.5. The Labute approximate surface area is 161 Å². The van der Waals surface area contributed by atoms with Crippen molar-refractivity contribution < 1.29 is 9.53 Å². The van der Waals surface area contributed by atoms with E-state index in [-0.39, 0.29) is 30.5 Å². The van der Waals surface area contributed by atoms with Crippen LogP contribution in [0.25, 0.3) is 0 Å². The van der Waals surface area contributed by atoms with Crippen molar-refractivity contribution in [2.24, 2.45) is 0 Å². The molecule has 0 radical (unpaired) electrons. The fourth-order valence-electron chi connectivity index (χ4n) is 3.04. The number of nitrogens with one attached hydrogen (secondary N) is 2. The summed E-state index contributed by atoms with van der Waals surface area (Å²) in [7, 11) is 0. The van der Waals surface area contributed by atoms with Gasteiger partial charge in [0.25, 0.3) is 0 Å². The lowest BCUT2D eigenvalue weighted by molar-refractivity contribution is -0.123. The topological polar surface area (TPSA) is 50.4 Å². The van der Waals surface area contributed by atoms with Crippen LogP contribution in [-0.2, 0) is 35.6 Å². The van der Waals surface area contributed by atoms with Crippen LogP contribution in [0, 0.1) is 0 Å². The van der Waals surface area contributed by atoms with Crippen molar-refractivity contribution in [2.45, 2.75) is 52.1 Å². The van der Waals surface area contributed by atoms with E-state index >= 15 is 0 Å². The van der Waals surface area contributed by atoms with Crippen LogP contribution in [0.5, 0.6) is 0 Å². The predicted molar refractivity (Wildman–Crippen MR) is 106 cm³/mol. The molecule has 1 heterocycles. The first-order valence-electron chi connectivity index (χ1n) is 8.89.